The number of amides is 1. The van der Waals surface area contributed by atoms with E-state index in [1.54, 1.807) is 11.3 Å². The summed E-state index contributed by atoms with van der Waals surface area (Å²) < 4.78 is 13.1. The molecule has 0 aliphatic heterocycles. The second-order valence-corrected chi connectivity index (χ2v) is 9.03. The van der Waals surface area contributed by atoms with Crippen LogP contribution >= 0.6 is 22.7 Å². The van der Waals surface area contributed by atoms with Crippen molar-refractivity contribution in [2.24, 2.45) is 0 Å². The topological polar surface area (TPSA) is 68.0 Å². The highest BCUT2D eigenvalue weighted by atomic mass is 32.1. The van der Waals surface area contributed by atoms with E-state index in [1.807, 2.05) is 6.07 Å². The fourth-order valence-electron chi connectivity index (χ4n) is 3.92. The van der Waals surface area contributed by atoms with Crippen LogP contribution in [0.2, 0.25) is 0 Å². The van der Waals surface area contributed by atoms with Crippen LogP contribution in [0.15, 0.2) is 41.8 Å². The lowest BCUT2D eigenvalue weighted by Gasteiger charge is -2.19. The Morgan fingerprint density at radius 3 is 2.59 bits per heavy atom. The van der Waals surface area contributed by atoms with Crippen molar-refractivity contribution in [1.29, 1.82) is 0 Å². The van der Waals surface area contributed by atoms with Crippen molar-refractivity contribution in [3.63, 3.8) is 0 Å². The molecule has 1 aliphatic carbocycles. The molecule has 1 aliphatic rings. The highest BCUT2D eigenvalue weighted by molar-refractivity contribution is 7.21. The van der Waals surface area contributed by atoms with Crippen LogP contribution in [0.5, 0.6) is 0 Å². The van der Waals surface area contributed by atoms with Gasteiger partial charge in [0, 0.05) is 11.1 Å². The molecule has 4 nitrogen and oxygen atoms in total. The van der Waals surface area contributed by atoms with Gasteiger partial charge < -0.3 is 11.1 Å². The van der Waals surface area contributed by atoms with Gasteiger partial charge in [-0.1, -0.05) is 6.07 Å². The van der Waals surface area contributed by atoms with Gasteiger partial charge in [-0.2, -0.15) is 0 Å². The number of hydrogen-bond donors (Lipinski definition) is 2. The molecule has 0 saturated carbocycles. The van der Waals surface area contributed by atoms with Crippen LogP contribution in [0.4, 0.5) is 15.8 Å². The molecule has 0 spiro atoms. The molecule has 0 saturated heterocycles. The second kappa shape index (κ2) is 7.24. The number of fused-ring (bicyclic) bond motifs is 3. The van der Waals surface area contributed by atoms with Crippen LogP contribution < -0.4 is 11.1 Å². The smallest absolute Gasteiger partial charge is 0.267 e. The number of nitrogen functional groups attached to an aromatic ring is 1. The van der Waals surface area contributed by atoms with E-state index in [2.05, 4.69) is 16.8 Å². The number of pyridine rings is 1. The lowest BCUT2D eigenvalue weighted by atomic mass is 9.88. The maximum atomic E-state index is 13.1. The first kappa shape index (κ1) is 18.3. The molecule has 7 heteroatoms. The molecule has 29 heavy (non-hydrogen) atoms. The maximum absolute atomic E-state index is 13.1. The molecule has 3 aromatic heterocycles. The number of benzene rings is 1. The lowest BCUT2D eigenvalue weighted by Crippen LogP contribution is -2.12. The van der Waals surface area contributed by atoms with Crippen LogP contribution in [0.3, 0.4) is 0 Å². The first-order valence-electron chi connectivity index (χ1n) is 9.46. The summed E-state index contributed by atoms with van der Waals surface area (Å²) in [7, 11) is 0. The average Bonchev–Trinajstić information content (AvgIpc) is 3.37. The summed E-state index contributed by atoms with van der Waals surface area (Å²) in [5, 5.41) is 5.79. The number of hydrogen-bond acceptors (Lipinski definition) is 5. The fourth-order valence-corrected chi connectivity index (χ4v) is 5.68. The zero-order valence-corrected chi connectivity index (χ0v) is 17.1. The third kappa shape index (κ3) is 3.20. The van der Waals surface area contributed by atoms with E-state index < -0.39 is 0 Å². The molecule has 0 unspecified atom stereocenters. The van der Waals surface area contributed by atoms with E-state index in [-0.39, 0.29) is 11.7 Å². The number of carbonyl (C=O) groups is 1. The Bertz CT molecular complexity index is 1210. The molecular formula is C22H18FN3OS2. The first-order chi connectivity index (χ1) is 14.1. The normalized spacial score (nSPS) is 13.4. The number of thiophene rings is 2. The SMILES string of the molecule is Nc1c(C(=O)Nc2ccc(F)cc2)sc2nc(-c3cccs3)c3c(c12)CCCC3. The molecule has 1 amide bonds. The predicted octanol–water partition coefficient (Wildman–Crippen LogP) is 5.88. The number of anilines is 2. The van der Waals surface area contributed by atoms with Crippen molar-refractivity contribution in [2.45, 2.75) is 25.7 Å². The Hall–Kier alpha value is -2.77. The summed E-state index contributed by atoms with van der Waals surface area (Å²) in [6.07, 6.45) is 4.19. The Balaban J connectivity index is 1.62. The third-order valence-corrected chi connectivity index (χ3v) is 7.23. The van der Waals surface area contributed by atoms with Gasteiger partial charge in [0.2, 0.25) is 0 Å². The van der Waals surface area contributed by atoms with Gasteiger partial charge in [0.25, 0.3) is 5.91 Å². The molecule has 0 bridgehead atoms. The number of nitrogens with zero attached hydrogens (tertiary/aromatic N) is 1. The van der Waals surface area contributed by atoms with Crippen LogP contribution in [0, 0.1) is 5.82 Å². The number of carbonyl (C=O) groups excluding carboxylic acids is 1. The van der Waals surface area contributed by atoms with E-state index in [0.717, 1.165) is 46.5 Å². The minimum absolute atomic E-state index is 0.292. The molecule has 0 radical (unpaired) electrons. The van der Waals surface area contributed by atoms with Gasteiger partial charge in [0.15, 0.2) is 0 Å². The molecule has 5 rings (SSSR count). The minimum Gasteiger partial charge on any atom is -0.397 e. The van der Waals surface area contributed by atoms with Gasteiger partial charge in [-0.15, -0.1) is 22.7 Å². The largest absolute Gasteiger partial charge is 0.397 e. The second-order valence-electron chi connectivity index (χ2n) is 7.09. The molecular weight excluding hydrogens is 405 g/mol. The number of nitrogens with two attached hydrogens (primary N) is 1. The van der Waals surface area contributed by atoms with Gasteiger partial charge in [0.05, 0.1) is 16.3 Å². The van der Waals surface area contributed by atoms with Crippen LogP contribution in [-0.4, -0.2) is 10.9 Å². The highest BCUT2D eigenvalue weighted by Gasteiger charge is 2.26. The van der Waals surface area contributed by atoms with Crippen molar-refractivity contribution >= 4 is 50.2 Å². The number of rotatable bonds is 3. The van der Waals surface area contributed by atoms with Crippen LogP contribution in [-0.2, 0) is 12.8 Å². The molecule has 1 aromatic carbocycles. The zero-order valence-electron chi connectivity index (χ0n) is 15.5. The maximum Gasteiger partial charge on any atom is 0.267 e. The van der Waals surface area contributed by atoms with E-state index in [4.69, 9.17) is 10.7 Å². The summed E-state index contributed by atoms with van der Waals surface area (Å²) >= 11 is 3.00. The number of aryl methyl sites for hydroxylation is 1. The summed E-state index contributed by atoms with van der Waals surface area (Å²) in [6.45, 7) is 0. The fraction of sp³-hybridized carbons (Fsp3) is 0.182. The summed E-state index contributed by atoms with van der Waals surface area (Å²) in [6, 6.07) is 9.82. The molecule has 3 heterocycles. The van der Waals surface area contributed by atoms with Crippen LogP contribution in [0.1, 0.15) is 33.6 Å². The molecule has 0 fully saturated rings. The number of aromatic nitrogens is 1. The number of halogens is 1. The zero-order chi connectivity index (χ0) is 20.0. The Kier molecular flexibility index (Phi) is 4.56. The highest BCUT2D eigenvalue weighted by Crippen LogP contribution is 2.43. The Morgan fingerprint density at radius 2 is 1.86 bits per heavy atom. The summed E-state index contributed by atoms with van der Waals surface area (Å²) in [5.41, 5.74) is 11.0. The van der Waals surface area contributed by atoms with Gasteiger partial charge >= 0.3 is 0 Å². The van der Waals surface area contributed by atoms with Crippen molar-refractivity contribution in [1.82, 2.24) is 4.98 Å². The van der Waals surface area contributed by atoms with E-state index >= 15 is 0 Å². The molecule has 4 aromatic rings. The van der Waals surface area contributed by atoms with Gasteiger partial charge in [-0.3, -0.25) is 4.79 Å². The van der Waals surface area contributed by atoms with Gasteiger partial charge in [0.1, 0.15) is 15.5 Å². The lowest BCUT2D eigenvalue weighted by molar-refractivity contribution is 0.103. The quantitative estimate of drug-likeness (QED) is 0.432. The van der Waals surface area contributed by atoms with Crippen LogP contribution in [0.25, 0.3) is 20.8 Å². The summed E-state index contributed by atoms with van der Waals surface area (Å²) in [4.78, 5) is 20.2. The first-order valence-corrected chi connectivity index (χ1v) is 11.2. The van der Waals surface area contributed by atoms with Crippen molar-refractivity contribution in [3.8, 4) is 10.6 Å². The Labute approximate surface area is 175 Å². The summed E-state index contributed by atoms with van der Waals surface area (Å²) in [5.74, 6) is -0.638. The van der Waals surface area contributed by atoms with Gasteiger partial charge in [-0.25, -0.2) is 9.37 Å². The monoisotopic (exact) mass is 423 g/mol. The van der Waals surface area contributed by atoms with E-state index in [1.165, 1.54) is 46.7 Å². The number of nitrogens with one attached hydrogen (secondary N) is 1. The molecule has 0 atom stereocenters. The minimum atomic E-state index is -0.346. The molecule has 3 N–H and O–H groups in total. The standard InChI is InChI=1S/C22H18FN3OS2/c23-12-7-9-13(10-8-12)25-21(27)20-18(24)17-14-4-1-2-5-15(14)19(26-22(17)29-20)16-6-3-11-28-16/h3,6-11H,1-2,4-5,24H2,(H,25,27). The van der Waals surface area contributed by atoms with E-state index in [9.17, 15) is 9.18 Å². The Morgan fingerprint density at radius 1 is 1.10 bits per heavy atom. The van der Waals surface area contributed by atoms with Crippen molar-refractivity contribution in [2.75, 3.05) is 11.1 Å². The van der Waals surface area contributed by atoms with Gasteiger partial charge in [-0.05, 0) is 72.5 Å². The van der Waals surface area contributed by atoms with E-state index in [0.29, 0.717) is 16.3 Å². The van der Waals surface area contributed by atoms with Crippen molar-refractivity contribution < 1.29 is 9.18 Å². The average molecular weight is 424 g/mol. The predicted molar refractivity (Wildman–Crippen MR) is 118 cm³/mol. The van der Waals surface area contributed by atoms with Crippen molar-refractivity contribution in [3.05, 3.63) is 63.6 Å². The third-order valence-electron chi connectivity index (χ3n) is 5.26. The molecule has 146 valence electrons.